The van der Waals surface area contributed by atoms with E-state index in [1.165, 1.54) is 10.8 Å². The van der Waals surface area contributed by atoms with Gasteiger partial charge in [0.2, 0.25) is 0 Å². The third-order valence-electron chi connectivity index (χ3n) is 10.1. The van der Waals surface area contributed by atoms with Crippen molar-refractivity contribution >= 4 is 69.3 Å². The molecule has 3 heterocycles. The van der Waals surface area contributed by atoms with E-state index in [2.05, 4.69) is 105 Å². The van der Waals surface area contributed by atoms with Crippen LogP contribution < -0.4 is 28.4 Å². The SMILES string of the molecule is COc1cc(/C=C\c2ccc3[nH]ccc3c2)cc(OC)c1.COc1cc(/C=C\c2ccc3cc[nH]c3c2)cc(OC)c1.COc1cc(/C=C\c2ccc3nc[nH]c3c2)cc(OC)c1. The topological polar surface area (TPSA) is 116 Å². The first-order valence-electron chi connectivity index (χ1n) is 20.2. The lowest BCUT2D eigenvalue weighted by Gasteiger charge is -2.05. The van der Waals surface area contributed by atoms with Gasteiger partial charge in [-0.25, -0.2) is 4.98 Å². The number of hydrogen-bond acceptors (Lipinski definition) is 7. The smallest absolute Gasteiger partial charge is 0.123 e. The molecule has 9 rings (SSSR count). The highest BCUT2D eigenvalue weighted by Crippen LogP contribution is 2.27. The Hall–Kier alpha value is -8.11. The Bertz CT molecular complexity index is 2620. The fourth-order valence-corrected chi connectivity index (χ4v) is 6.76. The van der Waals surface area contributed by atoms with E-state index in [1.54, 1.807) is 49.0 Å². The number of aromatic nitrogens is 4. The number of hydrogen-bond donors (Lipinski definition) is 3. The zero-order valence-electron chi connectivity index (χ0n) is 36.1. The fourth-order valence-electron chi connectivity index (χ4n) is 6.76. The zero-order valence-corrected chi connectivity index (χ0v) is 36.1. The van der Waals surface area contributed by atoms with Gasteiger partial charge in [-0.3, -0.25) is 0 Å². The summed E-state index contributed by atoms with van der Waals surface area (Å²) in [5.74, 6) is 4.70. The molecule has 0 saturated carbocycles. The Kier molecular flexibility index (Phi) is 14.3. The van der Waals surface area contributed by atoms with Crippen LogP contribution in [-0.4, -0.2) is 62.6 Å². The summed E-state index contributed by atoms with van der Waals surface area (Å²) in [5, 5.41) is 2.43. The Morgan fingerprint density at radius 1 is 0.333 bits per heavy atom. The van der Waals surface area contributed by atoms with Gasteiger partial charge in [-0.2, -0.15) is 0 Å². The van der Waals surface area contributed by atoms with Crippen molar-refractivity contribution in [2.45, 2.75) is 0 Å². The third kappa shape index (κ3) is 11.6. The van der Waals surface area contributed by atoms with E-state index >= 15 is 0 Å². The lowest BCUT2D eigenvalue weighted by atomic mass is 10.1. The van der Waals surface area contributed by atoms with Gasteiger partial charge in [-0.1, -0.05) is 60.7 Å². The first kappa shape index (κ1) is 43.0. The number of aromatic amines is 3. The molecule has 63 heavy (non-hydrogen) atoms. The number of H-pyrrole nitrogens is 3. The second kappa shape index (κ2) is 20.9. The molecule has 10 heteroatoms. The first-order valence-corrected chi connectivity index (χ1v) is 20.2. The third-order valence-corrected chi connectivity index (χ3v) is 10.1. The summed E-state index contributed by atoms with van der Waals surface area (Å²) in [7, 11) is 9.91. The Balaban J connectivity index is 0.000000142. The van der Waals surface area contributed by atoms with Crippen molar-refractivity contribution < 1.29 is 28.4 Å². The van der Waals surface area contributed by atoms with E-state index in [0.29, 0.717) is 0 Å². The predicted molar refractivity (Wildman–Crippen MR) is 258 cm³/mol. The van der Waals surface area contributed by atoms with E-state index in [-0.39, 0.29) is 0 Å². The minimum atomic E-state index is 0.776. The Morgan fingerprint density at radius 3 is 1.22 bits per heavy atom. The summed E-state index contributed by atoms with van der Waals surface area (Å²) < 4.78 is 31.7. The number of fused-ring (bicyclic) bond motifs is 3. The van der Waals surface area contributed by atoms with Gasteiger partial charge in [0.1, 0.15) is 34.5 Å². The molecular weight excluding hydrogens is 789 g/mol. The molecular formula is C53H50N4O6. The van der Waals surface area contributed by atoms with Crippen molar-refractivity contribution in [3.05, 3.63) is 173 Å². The minimum Gasteiger partial charge on any atom is -0.497 e. The van der Waals surface area contributed by atoms with Crippen LogP contribution in [0.3, 0.4) is 0 Å². The zero-order chi connectivity index (χ0) is 44.0. The Labute approximate surface area is 367 Å². The summed E-state index contributed by atoms with van der Waals surface area (Å²) in [6, 6.07) is 40.3. The van der Waals surface area contributed by atoms with Crippen LogP contribution >= 0.6 is 0 Å². The van der Waals surface area contributed by atoms with E-state index in [1.807, 2.05) is 85.2 Å². The maximum atomic E-state index is 5.28. The van der Waals surface area contributed by atoms with Gasteiger partial charge < -0.3 is 43.4 Å². The minimum absolute atomic E-state index is 0.776. The van der Waals surface area contributed by atoms with Crippen molar-refractivity contribution in [3.63, 3.8) is 0 Å². The lowest BCUT2D eigenvalue weighted by molar-refractivity contribution is 0.394. The Morgan fingerprint density at radius 2 is 0.730 bits per heavy atom. The van der Waals surface area contributed by atoms with Gasteiger partial charge in [0.05, 0.1) is 60.0 Å². The van der Waals surface area contributed by atoms with Crippen LogP contribution in [0.15, 0.2) is 140 Å². The molecule has 0 bridgehead atoms. The number of nitrogens with one attached hydrogen (secondary N) is 3. The summed E-state index contributed by atoms with van der Waals surface area (Å²) >= 11 is 0. The number of rotatable bonds is 12. The fraction of sp³-hybridized carbons (Fsp3) is 0.113. The summed E-state index contributed by atoms with van der Waals surface area (Å²) in [5.41, 5.74) is 10.8. The number of methoxy groups -OCH3 is 6. The van der Waals surface area contributed by atoms with Gasteiger partial charge in [0.25, 0.3) is 0 Å². The monoisotopic (exact) mass is 838 g/mol. The second-order valence-electron chi connectivity index (χ2n) is 14.3. The highest BCUT2D eigenvalue weighted by atomic mass is 16.5. The van der Waals surface area contributed by atoms with Crippen molar-refractivity contribution in [2.24, 2.45) is 0 Å². The van der Waals surface area contributed by atoms with Gasteiger partial charge in [0.15, 0.2) is 0 Å². The molecule has 0 unspecified atom stereocenters. The van der Waals surface area contributed by atoms with Gasteiger partial charge >= 0.3 is 0 Å². The molecule has 9 aromatic rings. The normalized spacial score (nSPS) is 11.1. The number of ether oxygens (including phenoxy) is 6. The molecule has 318 valence electrons. The maximum absolute atomic E-state index is 5.28. The highest BCUT2D eigenvalue weighted by molar-refractivity contribution is 5.85. The molecule has 0 spiro atoms. The molecule has 0 atom stereocenters. The van der Waals surface area contributed by atoms with E-state index in [0.717, 1.165) is 89.9 Å². The van der Waals surface area contributed by atoms with Gasteiger partial charge in [-0.05, 0) is 123 Å². The van der Waals surface area contributed by atoms with Crippen LogP contribution in [0.4, 0.5) is 0 Å². The molecule has 0 fully saturated rings. The van der Waals surface area contributed by atoms with E-state index in [4.69, 9.17) is 28.4 Å². The number of imidazole rings is 1. The molecule has 3 N–H and O–H groups in total. The molecule has 0 amide bonds. The molecule has 0 saturated heterocycles. The molecule has 0 aliphatic carbocycles. The van der Waals surface area contributed by atoms with Crippen molar-refractivity contribution in [3.8, 4) is 34.5 Å². The maximum Gasteiger partial charge on any atom is 0.123 e. The van der Waals surface area contributed by atoms with Crippen molar-refractivity contribution in [1.29, 1.82) is 0 Å². The molecule has 0 aliphatic heterocycles. The number of benzene rings is 6. The van der Waals surface area contributed by atoms with Crippen LogP contribution in [-0.2, 0) is 0 Å². The lowest BCUT2D eigenvalue weighted by Crippen LogP contribution is -1.88. The van der Waals surface area contributed by atoms with Crippen LogP contribution in [0.5, 0.6) is 34.5 Å². The first-order chi connectivity index (χ1) is 30.8. The highest BCUT2D eigenvalue weighted by Gasteiger charge is 2.03. The average Bonchev–Trinajstić information content (AvgIpc) is 4.13. The summed E-state index contributed by atoms with van der Waals surface area (Å²) in [4.78, 5) is 13.7. The predicted octanol–water partition coefficient (Wildman–Crippen LogP) is 12.5. The second-order valence-corrected chi connectivity index (χ2v) is 14.3. The number of nitrogens with zero attached hydrogens (tertiary/aromatic N) is 1. The summed E-state index contributed by atoms with van der Waals surface area (Å²) in [6.07, 6.45) is 17.9. The molecule has 3 aromatic heterocycles. The van der Waals surface area contributed by atoms with Crippen LogP contribution in [0, 0.1) is 0 Å². The van der Waals surface area contributed by atoms with Gasteiger partial charge in [0, 0.05) is 41.6 Å². The van der Waals surface area contributed by atoms with Crippen molar-refractivity contribution in [1.82, 2.24) is 19.9 Å². The molecule has 0 aliphatic rings. The molecule has 10 nitrogen and oxygen atoms in total. The molecule has 6 aromatic carbocycles. The largest absolute Gasteiger partial charge is 0.497 e. The van der Waals surface area contributed by atoms with Crippen LogP contribution in [0.25, 0.3) is 69.3 Å². The quantitative estimate of drug-likeness (QED) is 0.105. The van der Waals surface area contributed by atoms with Crippen LogP contribution in [0.2, 0.25) is 0 Å². The van der Waals surface area contributed by atoms with E-state index in [9.17, 15) is 0 Å². The van der Waals surface area contributed by atoms with Crippen LogP contribution in [0.1, 0.15) is 33.4 Å². The molecule has 0 radical (unpaired) electrons. The summed E-state index contributed by atoms with van der Waals surface area (Å²) in [6.45, 7) is 0. The van der Waals surface area contributed by atoms with Crippen molar-refractivity contribution in [2.75, 3.05) is 42.7 Å². The standard InChI is InChI=1S/2C18H17NO2.C17H16N2O2/c1-20-16-9-14(10-17(12-16)21-2)4-3-13-5-6-15-7-8-19-18(15)11-13;1-20-16-10-14(11-17(12-16)21-2)4-3-13-5-6-18-15(9-13)7-8-19-18;1-20-14-7-13(8-15(10-14)21-2)4-3-12-5-6-16-17(9-12)19-11-18-16/h2*3-12,19H,1-2H3;3-11H,1-2H3,(H,18,19)/b3*4-3-. The van der Waals surface area contributed by atoms with Gasteiger partial charge in [-0.15, -0.1) is 0 Å². The average molecular weight is 839 g/mol. The van der Waals surface area contributed by atoms with E-state index < -0.39 is 0 Å².